The van der Waals surface area contributed by atoms with E-state index in [-0.39, 0.29) is 0 Å². The topological polar surface area (TPSA) is 32.3 Å². The molecule has 0 aliphatic carbocycles. The van der Waals surface area contributed by atoms with Crippen LogP contribution in [0.1, 0.15) is 12.8 Å². The first-order chi connectivity index (χ1) is 4.84. The summed E-state index contributed by atoms with van der Waals surface area (Å²) in [5, 5.41) is 3.24. The van der Waals surface area contributed by atoms with E-state index in [2.05, 4.69) is 5.32 Å². The molecule has 0 aromatic rings. The minimum Gasteiger partial charge on any atom is -0.334 e. The fraction of sp³-hybridized carbons (Fsp3) is 0.857. The van der Waals surface area contributed by atoms with E-state index in [1.165, 1.54) is 0 Å². The van der Waals surface area contributed by atoms with Gasteiger partial charge in [-0.3, -0.25) is 4.79 Å². The average Bonchev–Trinajstić information content (AvgIpc) is 2.05. The Morgan fingerprint density at radius 1 is 1.50 bits per heavy atom. The van der Waals surface area contributed by atoms with Gasteiger partial charge in [-0.1, -0.05) is 0 Å². The van der Waals surface area contributed by atoms with Crippen LogP contribution in [0.2, 0.25) is 0 Å². The van der Waals surface area contributed by atoms with Crippen LogP contribution >= 0.6 is 0 Å². The molecule has 3 nitrogen and oxygen atoms in total. The van der Waals surface area contributed by atoms with Crippen molar-refractivity contribution in [1.82, 2.24) is 10.2 Å². The summed E-state index contributed by atoms with van der Waals surface area (Å²) < 4.78 is 0. The Bertz CT molecular complexity index is 110. The standard InChI is InChI=1S/C7H13N2O/c1-9(6-10)7-2-4-8-5-3-7/h7-8H,2-5H2,1H3. The Hall–Kier alpha value is -0.570. The molecule has 57 valence electrons. The van der Waals surface area contributed by atoms with Gasteiger partial charge in [0, 0.05) is 13.1 Å². The Morgan fingerprint density at radius 2 is 2.10 bits per heavy atom. The SMILES string of the molecule is CN([C]=O)C1CCNCC1. The third-order valence-corrected chi connectivity index (χ3v) is 2.00. The minimum absolute atomic E-state index is 0.416. The predicted molar refractivity (Wildman–Crippen MR) is 39.3 cm³/mol. The maximum absolute atomic E-state index is 10.2. The van der Waals surface area contributed by atoms with Gasteiger partial charge < -0.3 is 10.2 Å². The first-order valence-electron chi connectivity index (χ1n) is 3.66. The molecule has 10 heavy (non-hydrogen) atoms. The van der Waals surface area contributed by atoms with Crippen molar-refractivity contribution >= 4 is 6.41 Å². The molecule has 0 aromatic carbocycles. The van der Waals surface area contributed by atoms with E-state index >= 15 is 0 Å². The maximum atomic E-state index is 10.2. The third-order valence-electron chi connectivity index (χ3n) is 2.00. The number of carbonyl (C=O) groups excluding carboxylic acids is 1. The largest absolute Gasteiger partial charge is 0.334 e. The summed E-state index contributed by atoms with van der Waals surface area (Å²) >= 11 is 0. The van der Waals surface area contributed by atoms with Crippen LogP contribution in [0, 0.1) is 0 Å². The van der Waals surface area contributed by atoms with Gasteiger partial charge in [-0.15, -0.1) is 0 Å². The first kappa shape index (κ1) is 7.54. The van der Waals surface area contributed by atoms with Crippen molar-refractivity contribution in [3.63, 3.8) is 0 Å². The molecule has 0 saturated carbocycles. The summed E-state index contributed by atoms with van der Waals surface area (Å²) in [6, 6.07) is 0.416. The van der Waals surface area contributed by atoms with Crippen molar-refractivity contribution in [2.45, 2.75) is 18.9 Å². The van der Waals surface area contributed by atoms with E-state index in [9.17, 15) is 4.79 Å². The van der Waals surface area contributed by atoms with Crippen molar-refractivity contribution in [3.8, 4) is 0 Å². The van der Waals surface area contributed by atoms with Crippen LogP contribution in [0.3, 0.4) is 0 Å². The molecular weight excluding hydrogens is 128 g/mol. The van der Waals surface area contributed by atoms with Crippen molar-refractivity contribution in [3.05, 3.63) is 0 Å². The molecule has 0 aromatic heterocycles. The lowest BCUT2D eigenvalue weighted by molar-refractivity contribution is 0.277. The lowest BCUT2D eigenvalue weighted by Gasteiger charge is -2.27. The van der Waals surface area contributed by atoms with E-state index in [0.29, 0.717) is 6.04 Å². The van der Waals surface area contributed by atoms with Gasteiger partial charge in [-0.2, -0.15) is 0 Å². The van der Waals surface area contributed by atoms with E-state index < -0.39 is 0 Å². The van der Waals surface area contributed by atoms with Crippen molar-refractivity contribution in [1.29, 1.82) is 0 Å². The van der Waals surface area contributed by atoms with E-state index in [4.69, 9.17) is 0 Å². The minimum atomic E-state index is 0.416. The number of nitrogens with one attached hydrogen (secondary N) is 1. The van der Waals surface area contributed by atoms with Gasteiger partial charge in [0.2, 0.25) is 0 Å². The predicted octanol–water partition coefficient (Wildman–Crippen LogP) is -0.263. The summed E-state index contributed by atoms with van der Waals surface area (Å²) in [5.41, 5.74) is 0. The van der Waals surface area contributed by atoms with Crippen LogP contribution in [-0.2, 0) is 4.79 Å². The fourth-order valence-corrected chi connectivity index (χ4v) is 1.27. The molecule has 0 bridgehead atoms. The van der Waals surface area contributed by atoms with Crippen LogP contribution in [0.4, 0.5) is 0 Å². The van der Waals surface area contributed by atoms with Crippen LogP contribution in [0.25, 0.3) is 0 Å². The summed E-state index contributed by atoms with van der Waals surface area (Å²) in [7, 11) is 1.79. The number of piperidine rings is 1. The monoisotopic (exact) mass is 141 g/mol. The number of hydrogen-bond donors (Lipinski definition) is 1. The highest BCUT2D eigenvalue weighted by Gasteiger charge is 2.16. The van der Waals surface area contributed by atoms with Gasteiger partial charge in [0.15, 0.2) is 0 Å². The maximum Gasteiger partial charge on any atom is 0.312 e. The number of amides is 1. The van der Waals surface area contributed by atoms with Crippen LogP contribution < -0.4 is 5.32 Å². The number of rotatable bonds is 2. The van der Waals surface area contributed by atoms with E-state index in [0.717, 1.165) is 25.9 Å². The summed E-state index contributed by atoms with van der Waals surface area (Å²) in [5.74, 6) is 0. The molecule has 1 radical (unpaired) electrons. The highest BCUT2D eigenvalue weighted by Crippen LogP contribution is 2.06. The first-order valence-corrected chi connectivity index (χ1v) is 3.66. The van der Waals surface area contributed by atoms with E-state index in [1.54, 1.807) is 11.9 Å². The molecule has 1 fully saturated rings. The molecular formula is C7H13N2O. The smallest absolute Gasteiger partial charge is 0.312 e. The molecule has 1 aliphatic heterocycles. The molecule has 1 aliphatic rings. The zero-order valence-corrected chi connectivity index (χ0v) is 6.26. The van der Waals surface area contributed by atoms with E-state index in [1.807, 2.05) is 6.41 Å². The number of hydrogen-bond acceptors (Lipinski definition) is 2. The summed E-state index contributed by atoms with van der Waals surface area (Å²) in [6.07, 6.45) is 4.01. The molecule has 0 atom stereocenters. The van der Waals surface area contributed by atoms with Gasteiger partial charge in [0.25, 0.3) is 0 Å². The van der Waals surface area contributed by atoms with Crippen molar-refractivity contribution in [2.75, 3.05) is 20.1 Å². The number of nitrogens with zero attached hydrogens (tertiary/aromatic N) is 1. The van der Waals surface area contributed by atoms with Crippen LogP contribution in [-0.4, -0.2) is 37.5 Å². The fourth-order valence-electron chi connectivity index (χ4n) is 1.27. The molecule has 1 amide bonds. The zero-order valence-electron chi connectivity index (χ0n) is 6.26. The Labute approximate surface area is 61.4 Å². The van der Waals surface area contributed by atoms with Gasteiger partial charge in [-0.25, -0.2) is 0 Å². The molecule has 0 unspecified atom stereocenters. The second-order valence-corrected chi connectivity index (χ2v) is 2.68. The highest BCUT2D eigenvalue weighted by atomic mass is 16.1. The van der Waals surface area contributed by atoms with Gasteiger partial charge >= 0.3 is 6.41 Å². The second-order valence-electron chi connectivity index (χ2n) is 2.68. The molecule has 1 N–H and O–H groups in total. The second kappa shape index (κ2) is 3.56. The van der Waals surface area contributed by atoms with Gasteiger partial charge in [0.05, 0.1) is 0 Å². The lowest BCUT2D eigenvalue weighted by Crippen LogP contribution is -2.40. The van der Waals surface area contributed by atoms with Gasteiger partial charge in [-0.05, 0) is 25.9 Å². The molecule has 1 heterocycles. The van der Waals surface area contributed by atoms with Crippen molar-refractivity contribution < 1.29 is 4.79 Å². The van der Waals surface area contributed by atoms with Crippen LogP contribution in [0.5, 0.6) is 0 Å². The average molecular weight is 141 g/mol. The lowest BCUT2D eigenvalue weighted by atomic mass is 10.1. The third kappa shape index (κ3) is 1.70. The Balaban J connectivity index is 2.30. The summed E-state index contributed by atoms with van der Waals surface area (Å²) in [4.78, 5) is 11.8. The molecule has 1 rings (SSSR count). The van der Waals surface area contributed by atoms with Crippen LogP contribution in [0.15, 0.2) is 0 Å². The quantitative estimate of drug-likeness (QED) is 0.537. The Morgan fingerprint density at radius 3 is 2.60 bits per heavy atom. The summed E-state index contributed by atoms with van der Waals surface area (Å²) in [6.45, 7) is 2.05. The van der Waals surface area contributed by atoms with Gasteiger partial charge in [0.1, 0.15) is 0 Å². The zero-order chi connectivity index (χ0) is 7.40. The molecule has 0 spiro atoms. The Kier molecular flexibility index (Phi) is 2.68. The van der Waals surface area contributed by atoms with Crippen molar-refractivity contribution in [2.24, 2.45) is 0 Å². The molecule has 3 heteroatoms. The normalized spacial score (nSPS) is 20.5. The molecule has 1 saturated heterocycles. The highest BCUT2D eigenvalue weighted by molar-refractivity contribution is 5.48.